The third-order valence-electron chi connectivity index (χ3n) is 6.14. The molecule has 0 unspecified atom stereocenters. The average molecular weight is 371 g/mol. The molecule has 0 saturated carbocycles. The number of likely N-dealkylation sites (tertiary alicyclic amines) is 1. The first-order chi connectivity index (χ1) is 13.2. The van der Waals surface area contributed by atoms with Crippen molar-refractivity contribution in [2.24, 2.45) is 0 Å². The van der Waals surface area contributed by atoms with Gasteiger partial charge in [-0.05, 0) is 37.8 Å². The number of carbonyl (C=O) groups is 2. The van der Waals surface area contributed by atoms with Crippen LogP contribution >= 0.6 is 0 Å². The minimum Gasteiger partial charge on any atom is -0.381 e. The smallest absolute Gasteiger partial charge is 0.253 e. The van der Waals surface area contributed by atoms with E-state index in [1.807, 2.05) is 35.2 Å². The molecule has 2 amide bonds. The largest absolute Gasteiger partial charge is 0.381 e. The summed E-state index contributed by atoms with van der Waals surface area (Å²) in [7, 11) is 0. The number of benzene rings is 1. The van der Waals surface area contributed by atoms with Crippen molar-refractivity contribution in [3.05, 3.63) is 35.9 Å². The van der Waals surface area contributed by atoms with E-state index < -0.39 is 0 Å². The Morgan fingerprint density at radius 2 is 1.63 bits per heavy atom. The molecule has 27 heavy (non-hydrogen) atoms. The molecule has 0 N–H and O–H groups in total. The summed E-state index contributed by atoms with van der Waals surface area (Å²) >= 11 is 0. The Labute approximate surface area is 161 Å². The summed E-state index contributed by atoms with van der Waals surface area (Å²) < 4.78 is 5.45. The van der Waals surface area contributed by atoms with Crippen LogP contribution in [-0.4, -0.2) is 84.5 Å². The lowest BCUT2D eigenvalue weighted by atomic mass is 9.97. The Morgan fingerprint density at radius 1 is 0.926 bits per heavy atom. The number of nitrogens with zero attached hydrogens (tertiary/aromatic N) is 3. The van der Waals surface area contributed by atoms with Crippen molar-refractivity contribution in [3.8, 4) is 0 Å². The monoisotopic (exact) mass is 371 g/mol. The Morgan fingerprint density at radius 3 is 2.33 bits per heavy atom. The van der Waals surface area contributed by atoms with Crippen molar-refractivity contribution in [1.82, 2.24) is 14.7 Å². The molecule has 0 aromatic heterocycles. The molecule has 3 saturated heterocycles. The first kappa shape index (κ1) is 18.4. The van der Waals surface area contributed by atoms with Crippen LogP contribution in [0.4, 0.5) is 0 Å². The van der Waals surface area contributed by atoms with Crippen LogP contribution in [0.3, 0.4) is 0 Å². The summed E-state index contributed by atoms with van der Waals surface area (Å²) in [5, 5.41) is 0. The second-order valence-corrected chi connectivity index (χ2v) is 7.73. The van der Waals surface area contributed by atoms with E-state index in [2.05, 4.69) is 9.80 Å². The number of hydrogen-bond donors (Lipinski definition) is 0. The fraction of sp³-hybridized carbons (Fsp3) is 0.619. The number of piperidine rings is 1. The molecule has 6 nitrogen and oxygen atoms in total. The lowest BCUT2D eigenvalue weighted by molar-refractivity contribution is -0.145. The van der Waals surface area contributed by atoms with E-state index >= 15 is 0 Å². The SMILES string of the molecule is O=C(c1ccccc1)N1CCN([C@@H]2CCCN(C3CCOCC3)C2=O)CC1. The predicted octanol–water partition coefficient (Wildman–Crippen LogP) is 1.61. The summed E-state index contributed by atoms with van der Waals surface area (Å²) in [6.45, 7) is 5.34. The van der Waals surface area contributed by atoms with Crippen LogP contribution in [0.1, 0.15) is 36.0 Å². The molecule has 0 radical (unpaired) electrons. The molecule has 3 aliphatic heterocycles. The van der Waals surface area contributed by atoms with Crippen LogP contribution in [0, 0.1) is 0 Å². The highest BCUT2D eigenvalue weighted by Gasteiger charge is 2.38. The van der Waals surface area contributed by atoms with Crippen molar-refractivity contribution in [3.63, 3.8) is 0 Å². The number of ether oxygens (including phenoxy) is 1. The second kappa shape index (κ2) is 8.40. The lowest BCUT2D eigenvalue weighted by Crippen LogP contribution is -2.60. The molecule has 0 spiro atoms. The highest BCUT2D eigenvalue weighted by molar-refractivity contribution is 5.94. The molecule has 1 atom stereocenters. The molecule has 146 valence electrons. The minimum atomic E-state index is -0.0180. The van der Waals surface area contributed by atoms with E-state index in [1.54, 1.807) is 0 Å². The van der Waals surface area contributed by atoms with Gasteiger partial charge in [-0.25, -0.2) is 0 Å². The van der Waals surface area contributed by atoms with Gasteiger partial charge in [-0.3, -0.25) is 14.5 Å². The first-order valence-electron chi connectivity index (χ1n) is 10.2. The van der Waals surface area contributed by atoms with Crippen LogP contribution in [-0.2, 0) is 9.53 Å². The van der Waals surface area contributed by atoms with E-state index in [0.29, 0.717) is 19.1 Å². The van der Waals surface area contributed by atoms with Gasteiger partial charge in [0.1, 0.15) is 0 Å². The molecule has 3 fully saturated rings. The van der Waals surface area contributed by atoms with Gasteiger partial charge < -0.3 is 14.5 Å². The molecular formula is C21H29N3O3. The second-order valence-electron chi connectivity index (χ2n) is 7.73. The summed E-state index contributed by atoms with van der Waals surface area (Å²) in [5.74, 6) is 0.380. The molecule has 1 aromatic rings. The van der Waals surface area contributed by atoms with Gasteiger partial charge in [-0.2, -0.15) is 0 Å². The highest BCUT2D eigenvalue weighted by Crippen LogP contribution is 2.24. The summed E-state index contributed by atoms with van der Waals surface area (Å²) in [6, 6.07) is 9.78. The van der Waals surface area contributed by atoms with Crippen LogP contribution in [0.15, 0.2) is 30.3 Å². The van der Waals surface area contributed by atoms with Gasteiger partial charge in [0.05, 0.1) is 6.04 Å². The molecule has 0 aliphatic carbocycles. The van der Waals surface area contributed by atoms with Crippen molar-refractivity contribution in [2.75, 3.05) is 45.9 Å². The summed E-state index contributed by atoms with van der Waals surface area (Å²) in [4.78, 5) is 32.1. The molecule has 6 heteroatoms. The van der Waals surface area contributed by atoms with Gasteiger partial charge in [-0.15, -0.1) is 0 Å². The fourth-order valence-electron chi connectivity index (χ4n) is 4.58. The van der Waals surface area contributed by atoms with Gasteiger partial charge in [0.25, 0.3) is 5.91 Å². The number of piperazine rings is 1. The van der Waals surface area contributed by atoms with Crippen LogP contribution in [0.5, 0.6) is 0 Å². The van der Waals surface area contributed by atoms with E-state index in [4.69, 9.17) is 4.74 Å². The summed E-state index contributed by atoms with van der Waals surface area (Å²) in [6.07, 6.45) is 3.91. The maximum Gasteiger partial charge on any atom is 0.253 e. The highest BCUT2D eigenvalue weighted by atomic mass is 16.5. The molecular weight excluding hydrogens is 342 g/mol. The van der Waals surface area contributed by atoms with Crippen LogP contribution < -0.4 is 0 Å². The Balaban J connectivity index is 1.34. The zero-order chi connectivity index (χ0) is 18.6. The molecule has 1 aromatic carbocycles. The van der Waals surface area contributed by atoms with E-state index in [1.165, 1.54) is 0 Å². The maximum atomic E-state index is 13.1. The normalized spacial score (nSPS) is 25.6. The topological polar surface area (TPSA) is 53.1 Å². The fourth-order valence-corrected chi connectivity index (χ4v) is 4.58. The van der Waals surface area contributed by atoms with Gasteiger partial charge in [-0.1, -0.05) is 18.2 Å². The number of hydrogen-bond acceptors (Lipinski definition) is 4. The van der Waals surface area contributed by atoms with Gasteiger partial charge in [0.2, 0.25) is 5.91 Å². The van der Waals surface area contributed by atoms with Crippen molar-refractivity contribution in [1.29, 1.82) is 0 Å². The molecule has 3 aliphatic rings. The lowest BCUT2D eigenvalue weighted by Gasteiger charge is -2.45. The Hall–Kier alpha value is -1.92. The Bertz CT molecular complexity index is 652. The number of rotatable bonds is 3. The van der Waals surface area contributed by atoms with Gasteiger partial charge in [0.15, 0.2) is 0 Å². The van der Waals surface area contributed by atoms with E-state index in [0.717, 1.165) is 64.1 Å². The molecule has 0 bridgehead atoms. The number of amides is 2. The zero-order valence-electron chi connectivity index (χ0n) is 15.9. The minimum absolute atomic E-state index is 0.0180. The zero-order valence-corrected chi connectivity index (χ0v) is 15.9. The van der Waals surface area contributed by atoms with Crippen molar-refractivity contribution >= 4 is 11.8 Å². The first-order valence-corrected chi connectivity index (χ1v) is 10.2. The predicted molar refractivity (Wildman–Crippen MR) is 102 cm³/mol. The molecule has 4 rings (SSSR count). The van der Waals surface area contributed by atoms with Crippen molar-refractivity contribution < 1.29 is 14.3 Å². The maximum absolute atomic E-state index is 13.1. The van der Waals surface area contributed by atoms with Crippen molar-refractivity contribution in [2.45, 2.75) is 37.8 Å². The van der Waals surface area contributed by atoms with Gasteiger partial charge >= 0.3 is 0 Å². The third kappa shape index (κ3) is 4.01. The molecule has 3 heterocycles. The van der Waals surface area contributed by atoms with Gasteiger partial charge in [0, 0.05) is 57.5 Å². The van der Waals surface area contributed by atoms with E-state index in [-0.39, 0.29) is 17.9 Å². The van der Waals surface area contributed by atoms with Crippen LogP contribution in [0.25, 0.3) is 0 Å². The Kier molecular flexibility index (Phi) is 5.74. The average Bonchev–Trinajstić information content (AvgIpc) is 2.75. The quantitative estimate of drug-likeness (QED) is 0.810. The third-order valence-corrected chi connectivity index (χ3v) is 6.14. The van der Waals surface area contributed by atoms with E-state index in [9.17, 15) is 9.59 Å². The summed E-state index contributed by atoms with van der Waals surface area (Å²) in [5.41, 5.74) is 0.741. The van der Waals surface area contributed by atoms with Crippen LogP contribution in [0.2, 0.25) is 0 Å². The standard InChI is InChI=1S/C21H29N3O3/c25-20(17-5-2-1-3-6-17)23-13-11-22(12-14-23)19-7-4-10-24(21(19)26)18-8-15-27-16-9-18/h1-3,5-6,18-19H,4,7-16H2/t19-/m1/s1. The number of carbonyl (C=O) groups excluding carboxylic acids is 2.